The van der Waals surface area contributed by atoms with Crippen molar-refractivity contribution >= 4 is 23.4 Å². The first-order chi connectivity index (χ1) is 16.2. The predicted molar refractivity (Wildman–Crippen MR) is 137 cm³/mol. The molecule has 0 aliphatic carbocycles. The molecule has 1 aliphatic rings. The van der Waals surface area contributed by atoms with Gasteiger partial charge in [-0.2, -0.15) is 0 Å². The number of thiazole rings is 1. The van der Waals surface area contributed by atoms with Crippen molar-refractivity contribution in [3.05, 3.63) is 102 Å². The van der Waals surface area contributed by atoms with Gasteiger partial charge in [-0.05, 0) is 56.4 Å². The maximum atomic E-state index is 13.6. The third kappa shape index (κ3) is 4.68. The number of ether oxygens (including phenoxy) is 1. The second-order valence-electron chi connectivity index (χ2n) is 9.27. The summed E-state index contributed by atoms with van der Waals surface area (Å²) in [7, 11) is 0. The minimum atomic E-state index is -0.589. The summed E-state index contributed by atoms with van der Waals surface area (Å²) in [6.45, 7) is 11.8. The summed E-state index contributed by atoms with van der Waals surface area (Å²) in [5.74, 6) is 0.00115. The van der Waals surface area contributed by atoms with Crippen LogP contribution in [0.15, 0.2) is 69.6 Å². The molecule has 0 N–H and O–H groups in total. The quantitative estimate of drug-likeness (QED) is 0.507. The molecule has 0 spiro atoms. The van der Waals surface area contributed by atoms with Gasteiger partial charge in [0, 0.05) is 0 Å². The molecule has 2 heterocycles. The molecule has 5 nitrogen and oxygen atoms in total. The molecular formula is C28H30N2O3S. The van der Waals surface area contributed by atoms with E-state index >= 15 is 0 Å². The molecule has 6 heteroatoms. The molecule has 1 atom stereocenters. The Morgan fingerprint density at radius 3 is 2.26 bits per heavy atom. The molecule has 0 fully saturated rings. The van der Waals surface area contributed by atoms with Gasteiger partial charge >= 0.3 is 5.97 Å². The number of carbonyl (C=O) groups excluding carboxylic acids is 1. The topological polar surface area (TPSA) is 60.7 Å². The Balaban J connectivity index is 1.89. The molecule has 0 saturated carbocycles. The zero-order valence-corrected chi connectivity index (χ0v) is 21.3. The van der Waals surface area contributed by atoms with Gasteiger partial charge in [-0.3, -0.25) is 9.36 Å². The highest BCUT2D eigenvalue weighted by Gasteiger charge is 2.33. The van der Waals surface area contributed by atoms with Crippen LogP contribution in [0.4, 0.5) is 0 Å². The Bertz CT molecular complexity index is 1420. The molecule has 0 amide bonds. The first kappa shape index (κ1) is 23.9. The molecule has 34 heavy (non-hydrogen) atoms. The number of nitrogens with zero attached hydrogens (tertiary/aromatic N) is 2. The van der Waals surface area contributed by atoms with Crippen LogP contribution in [0, 0.1) is 6.92 Å². The average Bonchev–Trinajstić information content (AvgIpc) is 3.07. The van der Waals surface area contributed by atoms with E-state index in [9.17, 15) is 9.59 Å². The summed E-state index contributed by atoms with van der Waals surface area (Å²) in [5.41, 5.74) is 4.98. The van der Waals surface area contributed by atoms with Crippen LogP contribution in [0.2, 0.25) is 0 Å². The van der Waals surface area contributed by atoms with Crippen LogP contribution in [0.5, 0.6) is 0 Å². The molecule has 0 radical (unpaired) electrons. The van der Waals surface area contributed by atoms with E-state index in [1.807, 2.05) is 63.2 Å². The number of benzene rings is 2. The van der Waals surface area contributed by atoms with Gasteiger partial charge in [-0.1, -0.05) is 79.3 Å². The van der Waals surface area contributed by atoms with Crippen molar-refractivity contribution in [2.45, 2.75) is 59.6 Å². The average molecular weight is 475 g/mol. The van der Waals surface area contributed by atoms with E-state index in [-0.39, 0.29) is 11.7 Å². The lowest BCUT2D eigenvalue weighted by molar-refractivity contribution is -0.143. The minimum absolute atomic E-state index is 0.162. The van der Waals surface area contributed by atoms with Gasteiger partial charge in [0.2, 0.25) is 0 Å². The third-order valence-electron chi connectivity index (χ3n) is 5.88. The Labute approximate surface area is 203 Å². The van der Waals surface area contributed by atoms with Crippen molar-refractivity contribution in [2.75, 3.05) is 0 Å². The zero-order chi connectivity index (χ0) is 24.6. The van der Waals surface area contributed by atoms with E-state index in [1.54, 1.807) is 11.5 Å². The fourth-order valence-corrected chi connectivity index (χ4v) is 5.10. The number of aryl methyl sites for hydroxylation is 1. The van der Waals surface area contributed by atoms with E-state index < -0.39 is 12.0 Å². The van der Waals surface area contributed by atoms with E-state index in [1.165, 1.54) is 16.9 Å². The molecule has 0 unspecified atom stereocenters. The summed E-state index contributed by atoms with van der Waals surface area (Å²) in [5, 5.41) is 0. The maximum Gasteiger partial charge on any atom is 0.338 e. The summed E-state index contributed by atoms with van der Waals surface area (Å²) in [6, 6.07) is 15.5. The summed E-state index contributed by atoms with van der Waals surface area (Å²) < 4.78 is 7.76. The number of carbonyl (C=O) groups is 1. The van der Waals surface area contributed by atoms with Crippen molar-refractivity contribution in [3.8, 4) is 0 Å². The van der Waals surface area contributed by atoms with Crippen molar-refractivity contribution < 1.29 is 9.53 Å². The maximum absolute atomic E-state index is 13.6. The van der Waals surface area contributed by atoms with Crippen molar-refractivity contribution in [3.63, 3.8) is 0 Å². The first-order valence-electron chi connectivity index (χ1n) is 11.6. The number of esters is 1. The first-order valence-corrected chi connectivity index (χ1v) is 12.4. The number of hydrogen-bond acceptors (Lipinski definition) is 5. The van der Waals surface area contributed by atoms with E-state index in [0.29, 0.717) is 26.5 Å². The number of aromatic nitrogens is 1. The highest BCUT2D eigenvalue weighted by atomic mass is 32.1. The SMILES string of the molecule is CC1=C(C(=O)OC(C)C)[C@@H](c2ccc(C)cc2)n2c(s/c(=C/c3ccc(C(C)C)cc3)c2=O)=N1. The van der Waals surface area contributed by atoms with Gasteiger partial charge in [0.25, 0.3) is 5.56 Å². The molecule has 0 saturated heterocycles. The lowest BCUT2D eigenvalue weighted by Crippen LogP contribution is -2.40. The predicted octanol–water partition coefficient (Wildman–Crippen LogP) is 4.62. The molecule has 1 aromatic heterocycles. The lowest BCUT2D eigenvalue weighted by Gasteiger charge is -2.25. The van der Waals surface area contributed by atoms with Gasteiger partial charge in [0.1, 0.15) is 0 Å². The Morgan fingerprint density at radius 1 is 1.03 bits per heavy atom. The smallest absolute Gasteiger partial charge is 0.338 e. The van der Waals surface area contributed by atoms with Gasteiger partial charge in [-0.25, -0.2) is 9.79 Å². The van der Waals surface area contributed by atoms with Gasteiger partial charge in [-0.15, -0.1) is 0 Å². The lowest BCUT2D eigenvalue weighted by atomic mass is 9.95. The van der Waals surface area contributed by atoms with E-state index in [2.05, 4.69) is 31.0 Å². The molecule has 3 aromatic rings. The molecular weight excluding hydrogens is 444 g/mol. The van der Waals surface area contributed by atoms with Crippen LogP contribution < -0.4 is 14.9 Å². The summed E-state index contributed by atoms with van der Waals surface area (Å²) in [6.07, 6.45) is 1.62. The van der Waals surface area contributed by atoms with Crippen LogP contribution in [-0.4, -0.2) is 16.6 Å². The normalized spacial score (nSPS) is 16.1. The highest BCUT2D eigenvalue weighted by molar-refractivity contribution is 7.07. The summed E-state index contributed by atoms with van der Waals surface area (Å²) >= 11 is 1.34. The van der Waals surface area contributed by atoms with Crippen LogP contribution in [0.25, 0.3) is 6.08 Å². The second kappa shape index (κ2) is 9.55. The number of rotatable bonds is 5. The second-order valence-corrected chi connectivity index (χ2v) is 10.3. The third-order valence-corrected chi connectivity index (χ3v) is 6.86. The van der Waals surface area contributed by atoms with Crippen LogP contribution >= 0.6 is 11.3 Å². The van der Waals surface area contributed by atoms with Crippen molar-refractivity contribution in [1.82, 2.24) is 4.57 Å². The molecule has 2 aromatic carbocycles. The highest BCUT2D eigenvalue weighted by Crippen LogP contribution is 2.31. The monoisotopic (exact) mass is 474 g/mol. The fourth-order valence-electron chi connectivity index (χ4n) is 4.05. The zero-order valence-electron chi connectivity index (χ0n) is 20.5. The van der Waals surface area contributed by atoms with Crippen molar-refractivity contribution in [1.29, 1.82) is 0 Å². The number of fused-ring (bicyclic) bond motifs is 1. The fraction of sp³-hybridized carbons (Fsp3) is 0.321. The Kier molecular flexibility index (Phi) is 6.71. The number of hydrogen-bond donors (Lipinski definition) is 0. The van der Waals surface area contributed by atoms with Gasteiger partial charge in [0.15, 0.2) is 4.80 Å². The standard InChI is InChI=1S/C28H30N2O3S/c1-16(2)21-13-9-20(10-14-21)15-23-26(31)30-25(22-11-7-18(5)8-12-22)24(27(32)33-17(3)4)19(6)29-28(30)34-23/h7-17,25H,1-6H3/b23-15+/t25-/m1/s1. The van der Waals surface area contributed by atoms with E-state index in [4.69, 9.17) is 4.74 Å². The molecule has 1 aliphatic heterocycles. The Hall–Kier alpha value is -3.25. The number of allylic oxidation sites excluding steroid dienone is 1. The van der Waals surface area contributed by atoms with Crippen LogP contribution in [0.1, 0.15) is 68.8 Å². The van der Waals surface area contributed by atoms with Gasteiger partial charge < -0.3 is 4.74 Å². The molecule has 4 rings (SSSR count). The van der Waals surface area contributed by atoms with Crippen molar-refractivity contribution in [2.24, 2.45) is 4.99 Å². The molecule has 0 bridgehead atoms. The van der Waals surface area contributed by atoms with Crippen LogP contribution in [0.3, 0.4) is 0 Å². The van der Waals surface area contributed by atoms with Crippen LogP contribution in [-0.2, 0) is 9.53 Å². The summed E-state index contributed by atoms with van der Waals surface area (Å²) in [4.78, 5) is 32.0. The largest absolute Gasteiger partial charge is 0.459 e. The van der Waals surface area contributed by atoms with E-state index in [0.717, 1.165) is 16.7 Å². The van der Waals surface area contributed by atoms with Gasteiger partial charge in [0.05, 0.1) is 27.9 Å². The Morgan fingerprint density at radius 2 is 1.68 bits per heavy atom. The molecule has 176 valence electrons. The minimum Gasteiger partial charge on any atom is -0.459 e.